The van der Waals surface area contributed by atoms with Crippen LogP contribution in [0.4, 0.5) is 34.1 Å². The van der Waals surface area contributed by atoms with Gasteiger partial charge in [0.05, 0.1) is 22.7 Å². The summed E-state index contributed by atoms with van der Waals surface area (Å²) in [4.78, 5) is 4.75. The average molecular weight is 1030 g/mol. The number of fused-ring (bicyclic) bond motifs is 14. The molecule has 0 saturated carbocycles. The standard InChI is InChI=1S/C74H46N2O2S/c1-3-19-48(20-4-1)53-23-9-13-31-64(53)75(66-33-17-29-59-56-26-11-15-35-68(56)77-72(59)66)51-40-37-47(38-41-51)50-39-43-61-63(45-50)55-25-7-8-28-58(55)71-62-44-42-52(46-70(62)79-74(61)71)76(65-32-14-10-24-54(65)49-21-5-2-6-22-49)67-34-18-30-60-57-27-12-16-36-69(57)78-73(60)67/h1-46H. The Balaban J connectivity index is 0.839. The number of nitrogens with zero attached hydrogens (tertiary/aromatic N) is 2. The Morgan fingerprint density at radius 2 is 0.722 bits per heavy atom. The summed E-state index contributed by atoms with van der Waals surface area (Å²) < 4.78 is 16.0. The van der Waals surface area contributed by atoms with Gasteiger partial charge in [-0.3, -0.25) is 0 Å². The first-order valence-corrected chi connectivity index (χ1v) is 27.6. The Hall–Kier alpha value is -10.2. The van der Waals surface area contributed by atoms with E-state index in [2.05, 4.69) is 277 Å². The summed E-state index contributed by atoms with van der Waals surface area (Å²) in [5, 5.41) is 11.9. The number of hydrogen-bond donors (Lipinski definition) is 0. The highest BCUT2D eigenvalue weighted by atomic mass is 32.1. The van der Waals surface area contributed by atoms with E-state index in [0.717, 1.165) is 111 Å². The molecule has 16 rings (SSSR count). The fraction of sp³-hybridized carbons (Fsp3) is 0. The highest BCUT2D eigenvalue weighted by molar-refractivity contribution is 7.27. The van der Waals surface area contributed by atoms with Crippen LogP contribution in [0.15, 0.2) is 288 Å². The number of furan rings is 2. The van der Waals surface area contributed by atoms with Gasteiger partial charge in [-0.15, -0.1) is 11.3 Å². The van der Waals surface area contributed by atoms with Crippen molar-refractivity contribution in [3.05, 3.63) is 279 Å². The van der Waals surface area contributed by atoms with Gasteiger partial charge in [0.2, 0.25) is 0 Å². The highest BCUT2D eigenvalue weighted by Crippen LogP contribution is 2.51. The number of para-hydroxylation sites is 6. The van der Waals surface area contributed by atoms with E-state index in [-0.39, 0.29) is 0 Å². The van der Waals surface area contributed by atoms with E-state index in [4.69, 9.17) is 8.83 Å². The molecule has 0 aliphatic heterocycles. The molecule has 4 nitrogen and oxygen atoms in total. The zero-order valence-corrected chi connectivity index (χ0v) is 43.5. The second-order valence-corrected chi connectivity index (χ2v) is 21.3. The van der Waals surface area contributed by atoms with Crippen LogP contribution in [-0.2, 0) is 0 Å². The Morgan fingerprint density at radius 1 is 0.266 bits per heavy atom. The summed E-state index contributed by atoms with van der Waals surface area (Å²) in [6, 6.07) is 100. The van der Waals surface area contributed by atoms with Crippen LogP contribution in [0.25, 0.3) is 119 Å². The highest BCUT2D eigenvalue weighted by Gasteiger charge is 2.25. The van der Waals surface area contributed by atoms with Crippen LogP contribution in [0.1, 0.15) is 0 Å². The van der Waals surface area contributed by atoms with E-state index < -0.39 is 0 Å². The first-order chi connectivity index (χ1) is 39.2. The zero-order valence-electron chi connectivity index (χ0n) is 42.7. The predicted octanol–water partition coefficient (Wildman–Crippen LogP) is 22.1. The van der Waals surface area contributed by atoms with Crippen LogP contribution >= 0.6 is 11.3 Å². The summed E-state index contributed by atoms with van der Waals surface area (Å²) >= 11 is 1.88. The molecule has 16 aromatic rings. The van der Waals surface area contributed by atoms with Gasteiger partial charge in [-0.25, -0.2) is 0 Å². The van der Waals surface area contributed by atoms with Crippen molar-refractivity contribution in [2.45, 2.75) is 0 Å². The van der Waals surface area contributed by atoms with Crippen molar-refractivity contribution >= 4 is 131 Å². The normalized spacial score (nSPS) is 11.8. The van der Waals surface area contributed by atoms with Crippen molar-refractivity contribution in [2.75, 3.05) is 9.80 Å². The van der Waals surface area contributed by atoms with Gasteiger partial charge in [-0.05, 0) is 105 Å². The van der Waals surface area contributed by atoms with Crippen LogP contribution in [0.5, 0.6) is 0 Å². The van der Waals surface area contributed by atoms with Crippen molar-refractivity contribution in [3.8, 4) is 33.4 Å². The molecule has 5 heteroatoms. The fourth-order valence-electron chi connectivity index (χ4n) is 12.3. The van der Waals surface area contributed by atoms with Gasteiger partial charge < -0.3 is 18.6 Å². The van der Waals surface area contributed by atoms with Gasteiger partial charge in [0.25, 0.3) is 0 Å². The van der Waals surface area contributed by atoms with Gasteiger partial charge in [0.1, 0.15) is 11.2 Å². The Morgan fingerprint density at radius 3 is 1.33 bits per heavy atom. The lowest BCUT2D eigenvalue weighted by atomic mass is 9.94. The van der Waals surface area contributed by atoms with Crippen molar-refractivity contribution in [3.63, 3.8) is 0 Å². The maximum atomic E-state index is 6.78. The molecule has 3 aromatic heterocycles. The van der Waals surface area contributed by atoms with Gasteiger partial charge in [0.15, 0.2) is 11.2 Å². The smallest absolute Gasteiger partial charge is 0.159 e. The maximum absolute atomic E-state index is 6.78. The predicted molar refractivity (Wildman–Crippen MR) is 335 cm³/mol. The molecular formula is C74H46N2O2S. The van der Waals surface area contributed by atoms with E-state index in [1.807, 2.05) is 23.5 Å². The third-order valence-corrected chi connectivity index (χ3v) is 17.0. The zero-order chi connectivity index (χ0) is 52.0. The summed E-state index contributed by atoms with van der Waals surface area (Å²) in [6.07, 6.45) is 0. The van der Waals surface area contributed by atoms with Crippen molar-refractivity contribution in [1.29, 1.82) is 0 Å². The Labute approximate surface area is 459 Å². The lowest BCUT2D eigenvalue weighted by molar-refractivity contribution is 0.668. The van der Waals surface area contributed by atoms with E-state index in [1.54, 1.807) is 0 Å². The van der Waals surface area contributed by atoms with Gasteiger partial charge in [-0.1, -0.05) is 212 Å². The topological polar surface area (TPSA) is 32.8 Å². The molecule has 0 aliphatic carbocycles. The van der Waals surface area contributed by atoms with E-state index in [1.165, 1.54) is 41.7 Å². The van der Waals surface area contributed by atoms with E-state index in [0.29, 0.717) is 0 Å². The average Bonchev–Trinajstić information content (AvgIpc) is 4.37. The molecule has 0 aliphatic rings. The third kappa shape index (κ3) is 7.28. The second-order valence-electron chi connectivity index (χ2n) is 20.3. The monoisotopic (exact) mass is 1030 g/mol. The van der Waals surface area contributed by atoms with Gasteiger partial charge >= 0.3 is 0 Å². The van der Waals surface area contributed by atoms with Crippen LogP contribution in [0, 0.1) is 0 Å². The molecule has 0 radical (unpaired) electrons. The maximum Gasteiger partial charge on any atom is 0.159 e. The molecular weight excluding hydrogens is 981 g/mol. The molecule has 13 aromatic carbocycles. The first-order valence-electron chi connectivity index (χ1n) is 26.8. The van der Waals surface area contributed by atoms with E-state index >= 15 is 0 Å². The Bertz CT molecular complexity index is 5030. The van der Waals surface area contributed by atoms with Crippen LogP contribution in [0.3, 0.4) is 0 Å². The molecule has 0 fully saturated rings. The van der Waals surface area contributed by atoms with E-state index in [9.17, 15) is 0 Å². The van der Waals surface area contributed by atoms with Crippen molar-refractivity contribution in [1.82, 2.24) is 0 Å². The molecule has 370 valence electrons. The minimum absolute atomic E-state index is 0.854. The molecule has 0 bridgehead atoms. The van der Waals surface area contributed by atoms with Crippen LogP contribution < -0.4 is 9.80 Å². The molecule has 0 spiro atoms. The lowest BCUT2D eigenvalue weighted by Crippen LogP contribution is -2.11. The van der Waals surface area contributed by atoms with Crippen molar-refractivity contribution in [2.24, 2.45) is 0 Å². The number of thiophene rings is 1. The molecule has 0 N–H and O–H groups in total. The number of hydrogen-bond acceptors (Lipinski definition) is 5. The lowest BCUT2D eigenvalue weighted by Gasteiger charge is -2.28. The minimum atomic E-state index is 0.854. The molecule has 79 heavy (non-hydrogen) atoms. The van der Waals surface area contributed by atoms with Crippen molar-refractivity contribution < 1.29 is 8.83 Å². The van der Waals surface area contributed by atoms with Gasteiger partial charge in [0, 0.05) is 69.6 Å². The fourth-order valence-corrected chi connectivity index (χ4v) is 13.5. The summed E-state index contributed by atoms with van der Waals surface area (Å²) in [5.74, 6) is 0. The summed E-state index contributed by atoms with van der Waals surface area (Å²) in [7, 11) is 0. The number of rotatable bonds is 9. The molecule has 0 unspecified atom stereocenters. The second kappa shape index (κ2) is 18.2. The first kappa shape index (κ1) is 45.0. The van der Waals surface area contributed by atoms with Crippen LogP contribution in [-0.4, -0.2) is 0 Å². The molecule has 0 amide bonds. The molecule has 3 heterocycles. The van der Waals surface area contributed by atoms with Gasteiger partial charge in [-0.2, -0.15) is 0 Å². The van der Waals surface area contributed by atoms with Crippen LogP contribution in [0.2, 0.25) is 0 Å². The SMILES string of the molecule is c1ccc(-c2ccccc2N(c2ccc(-c3ccc4c(c3)c3ccccc3c3c5ccc(N(c6ccccc6-c6ccccc6)c6cccc7c6oc6ccccc67)cc5sc43)cc2)c2cccc3c2oc2ccccc23)cc1. The third-order valence-electron chi connectivity index (χ3n) is 15.8. The Kier molecular flexibility index (Phi) is 10.4. The summed E-state index contributed by atoms with van der Waals surface area (Å²) in [6.45, 7) is 0. The number of benzene rings is 13. The molecule has 0 atom stereocenters. The minimum Gasteiger partial charge on any atom is -0.454 e. The summed E-state index contributed by atoms with van der Waals surface area (Å²) in [5.41, 5.74) is 16.6. The quantitative estimate of drug-likeness (QED) is 0.135. The molecule has 0 saturated heterocycles. The largest absolute Gasteiger partial charge is 0.454 e. The number of anilines is 6.